The first-order chi connectivity index (χ1) is 11.4. The van der Waals surface area contributed by atoms with E-state index in [1.54, 1.807) is 30.3 Å². The first kappa shape index (κ1) is 17.0. The second-order valence-electron chi connectivity index (χ2n) is 6.56. The topological polar surface area (TPSA) is 54.5 Å². The maximum absolute atomic E-state index is 12.7. The highest BCUT2D eigenvalue weighted by Crippen LogP contribution is 2.36. The predicted molar refractivity (Wildman–Crippen MR) is 94.7 cm³/mol. The number of fused-ring (bicyclic) bond motifs is 1. The molecule has 0 spiro atoms. The second kappa shape index (κ2) is 6.55. The van der Waals surface area contributed by atoms with Gasteiger partial charge in [0.15, 0.2) is 0 Å². The number of rotatable bonds is 3. The van der Waals surface area contributed by atoms with Crippen LogP contribution in [0.2, 0.25) is 0 Å². The molecule has 0 N–H and O–H groups in total. The molecule has 0 saturated heterocycles. The van der Waals surface area contributed by atoms with Gasteiger partial charge in [-0.3, -0.25) is 9.10 Å². The SMILES string of the molecule is CC1=C(C(=O)/C=C/C2CCCCC2)N(C)S(=O)(=O)c2ccccc21. The summed E-state index contributed by atoms with van der Waals surface area (Å²) in [5, 5.41) is 0. The third-order valence-corrected chi connectivity index (χ3v) is 6.82. The van der Waals surface area contributed by atoms with Gasteiger partial charge in [-0.25, -0.2) is 8.42 Å². The Morgan fingerprint density at radius 2 is 1.83 bits per heavy atom. The second-order valence-corrected chi connectivity index (χ2v) is 8.50. The summed E-state index contributed by atoms with van der Waals surface area (Å²) in [7, 11) is -2.22. The van der Waals surface area contributed by atoms with Crippen molar-refractivity contribution in [2.75, 3.05) is 7.05 Å². The van der Waals surface area contributed by atoms with Crippen LogP contribution in [0.25, 0.3) is 5.57 Å². The summed E-state index contributed by atoms with van der Waals surface area (Å²) in [6.07, 6.45) is 9.41. The van der Waals surface area contributed by atoms with Gasteiger partial charge in [0, 0.05) is 12.6 Å². The number of benzene rings is 1. The van der Waals surface area contributed by atoms with Crippen molar-refractivity contribution in [3.05, 3.63) is 47.7 Å². The van der Waals surface area contributed by atoms with Crippen LogP contribution < -0.4 is 0 Å². The molecule has 24 heavy (non-hydrogen) atoms. The molecule has 1 aliphatic heterocycles. The van der Waals surface area contributed by atoms with E-state index in [9.17, 15) is 13.2 Å². The van der Waals surface area contributed by atoms with E-state index in [4.69, 9.17) is 0 Å². The van der Waals surface area contributed by atoms with Crippen molar-refractivity contribution >= 4 is 21.4 Å². The Bertz CT molecular complexity index is 815. The van der Waals surface area contributed by atoms with Crippen molar-refractivity contribution in [2.24, 2.45) is 5.92 Å². The minimum absolute atomic E-state index is 0.237. The van der Waals surface area contributed by atoms with Crippen LogP contribution >= 0.6 is 0 Å². The van der Waals surface area contributed by atoms with Gasteiger partial charge in [-0.2, -0.15) is 0 Å². The molecule has 1 aliphatic carbocycles. The zero-order chi connectivity index (χ0) is 17.3. The Kier molecular flexibility index (Phi) is 4.63. The number of hydrogen-bond acceptors (Lipinski definition) is 3. The average Bonchev–Trinajstić information content (AvgIpc) is 2.60. The van der Waals surface area contributed by atoms with Crippen LogP contribution in [0.1, 0.15) is 44.6 Å². The molecule has 1 aromatic carbocycles. The van der Waals surface area contributed by atoms with Crippen LogP contribution in [-0.4, -0.2) is 25.6 Å². The van der Waals surface area contributed by atoms with Crippen LogP contribution in [-0.2, 0) is 14.8 Å². The zero-order valence-corrected chi connectivity index (χ0v) is 15.0. The molecule has 1 aromatic rings. The summed E-state index contributed by atoms with van der Waals surface area (Å²) in [6.45, 7) is 1.81. The van der Waals surface area contributed by atoms with Crippen molar-refractivity contribution in [3.8, 4) is 0 Å². The van der Waals surface area contributed by atoms with E-state index in [1.807, 2.05) is 13.0 Å². The lowest BCUT2D eigenvalue weighted by Crippen LogP contribution is -2.34. The number of ketones is 1. The largest absolute Gasteiger partial charge is 0.288 e. The number of nitrogens with zero attached hydrogens (tertiary/aromatic N) is 1. The Labute approximate surface area is 143 Å². The number of carbonyl (C=O) groups is 1. The van der Waals surface area contributed by atoms with Gasteiger partial charge in [-0.15, -0.1) is 0 Å². The minimum atomic E-state index is -3.67. The summed E-state index contributed by atoms with van der Waals surface area (Å²) in [4.78, 5) is 13.0. The van der Waals surface area contributed by atoms with Crippen LogP contribution in [0.4, 0.5) is 0 Å². The lowest BCUT2D eigenvalue weighted by molar-refractivity contribution is -0.112. The average molecular weight is 345 g/mol. The maximum atomic E-state index is 12.7. The quantitative estimate of drug-likeness (QED) is 0.784. The van der Waals surface area contributed by atoms with Gasteiger partial charge in [0.25, 0.3) is 10.0 Å². The van der Waals surface area contributed by atoms with Gasteiger partial charge in [0.2, 0.25) is 5.78 Å². The summed E-state index contributed by atoms with van der Waals surface area (Å²) in [6, 6.07) is 6.84. The lowest BCUT2D eigenvalue weighted by Gasteiger charge is -2.29. The fraction of sp³-hybridized carbons (Fsp3) is 0.421. The molecule has 1 fully saturated rings. The highest BCUT2D eigenvalue weighted by molar-refractivity contribution is 7.89. The molecule has 5 heteroatoms. The molecule has 0 amide bonds. The normalized spacial score (nSPS) is 21.2. The van der Waals surface area contributed by atoms with E-state index in [1.165, 1.54) is 26.3 Å². The summed E-state index contributed by atoms with van der Waals surface area (Å²) in [5.74, 6) is 0.194. The van der Waals surface area contributed by atoms with E-state index in [2.05, 4.69) is 0 Å². The maximum Gasteiger partial charge on any atom is 0.264 e. The Hall–Kier alpha value is -1.88. The first-order valence-corrected chi connectivity index (χ1v) is 9.88. The minimum Gasteiger partial charge on any atom is -0.288 e. The Balaban J connectivity index is 1.97. The summed E-state index contributed by atoms with van der Waals surface area (Å²) >= 11 is 0. The van der Waals surface area contributed by atoms with Gasteiger partial charge in [0.1, 0.15) is 5.70 Å². The standard InChI is InChI=1S/C19H23NO3S/c1-14-16-10-6-7-11-18(16)24(22,23)20(2)19(14)17(21)13-12-15-8-4-3-5-9-15/h6-7,10-13,15H,3-5,8-9H2,1-2H3/b13-12+. The molecule has 2 aliphatic rings. The fourth-order valence-electron chi connectivity index (χ4n) is 3.60. The summed E-state index contributed by atoms with van der Waals surface area (Å²) in [5.41, 5.74) is 1.58. The molecule has 0 radical (unpaired) electrons. The van der Waals surface area contributed by atoms with Crippen LogP contribution in [0.5, 0.6) is 0 Å². The highest BCUT2D eigenvalue weighted by atomic mass is 32.2. The number of sulfonamides is 1. The molecular formula is C19H23NO3S. The number of allylic oxidation sites excluding steroid dienone is 3. The van der Waals surface area contributed by atoms with Gasteiger partial charge >= 0.3 is 0 Å². The van der Waals surface area contributed by atoms with Crippen LogP contribution in [0.15, 0.2) is 47.0 Å². The predicted octanol–water partition coefficient (Wildman–Crippen LogP) is 3.76. The van der Waals surface area contributed by atoms with Crippen LogP contribution in [0, 0.1) is 5.92 Å². The van der Waals surface area contributed by atoms with Gasteiger partial charge in [-0.05, 0) is 43.4 Å². The number of carbonyl (C=O) groups excluding carboxylic acids is 1. The molecule has 0 atom stereocenters. The summed E-state index contributed by atoms with van der Waals surface area (Å²) < 4.78 is 26.5. The van der Waals surface area contributed by atoms with Gasteiger partial charge in [-0.1, -0.05) is 43.5 Å². The molecule has 0 bridgehead atoms. The van der Waals surface area contributed by atoms with E-state index in [-0.39, 0.29) is 16.4 Å². The van der Waals surface area contributed by atoms with Crippen molar-refractivity contribution in [1.82, 2.24) is 4.31 Å². The Morgan fingerprint density at radius 1 is 1.17 bits per heavy atom. The smallest absolute Gasteiger partial charge is 0.264 e. The molecule has 4 nitrogen and oxygen atoms in total. The van der Waals surface area contributed by atoms with Crippen molar-refractivity contribution in [3.63, 3.8) is 0 Å². The fourth-order valence-corrected chi connectivity index (χ4v) is 5.11. The molecule has 128 valence electrons. The van der Waals surface area contributed by atoms with E-state index in [0.29, 0.717) is 17.1 Å². The third kappa shape index (κ3) is 2.93. The van der Waals surface area contributed by atoms with Crippen LogP contribution in [0.3, 0.4) is 0 Å². The van der Waals surface area contributed by atoms with Crippen molar-refractivity contribution in [2.45, 2.75) is 43.9 Å². The van der Waals surface area contributed by atoms with E-state index >= 15 is 0 Å². The molecule has 1 heterocycles. The first-order valence-electron chi connectivity index (χ1n) is 8.44. The highest BCUT2D eigenvalue weighted by Gasteiger charge is 2.34. The zero-order valence-electron chi connectivity index (χ0n) is 14.2. The van der Waals surface area contributed by atoms with Gasteiger partial charge < -0.3 is 0 Å². The van der Waals surface area contributed by atoms with E-state index < -0.39 is 10.0 Å². The number of hydrogen-bond donors (Lipinski definition) is 0. The lowest BCUT2D eigenvalue weighted by atomic mass is 9.89. The molecular weight excluding hydrogens is 322 g/mol. The molecule has 1 saturated carbocycles. The monoisotopic (exact) mass is 345 g/mol. The molecule has 0 aromatic heterocycles. The van der Waals surface area contributed by atoms with Crippen molar-refractivity contribution < 1.29 is 13.2 Å². The third-order valence-electron chi connectivity index (χ3n) is 5.00. The van der Waals surface area contributed by atoms with E-state index in [0.717, 1.165) is 17.1 Å². The van der Waals surface area contributed by atoms with Gasteiger partial charge in [0.05, 0.1) is 4.90 Å². The number of likely N-dealkylation sites (N-methyl/N-ethyl adjacent to an activating group) is 1. The Morgan fingerprint density at radius 3 is 2.54 bits per heavy atom. The van der Waals surface area contributed by atoms with Crippen molar-refractivity contribution in [1.29, 1.82) is 0 Å². The molecule has 0 unspecified atom stereocenters. The molecule has 3 rings (SSSR count).